The molecule has 0 bridgehead atoms. The molecule has 0 radical (unpaired) electrons. The summed E-state index contributed by atoms with van der Waals surface area (Å²) < 4.78 is 5.76. The zero-order valence-corrected chi connectivity index (χ0v) is 15.3. The van der Waals surface area contributed by atoms with E-state index in [-0.39, 0.29) is 36.9 Å². The van der Waals surface area contributed by atoms with E-state index in [0.717, 1.165) is 12.8 Å². The fraction of sp³-hybridized carbons (Fsp3) is 0.778. The number of ether oxygens (including phenoxy) is 1. The van der Waals surface area contributed by atoms with Crippen LogP contribution in [0.1, 0.15) is 52.4 Å². The van der Waals surface area contributed by atoms with Gasteiger partial charge in [0.1, 0.15) is 6.61 Å². The normalized spacial score (nSPS) is 13.1. The predicted molar refractivity (Wildman–Crippen MR) is 97.6 cm³/mol. The molecule has 0 aliphatic carbocycles. The number of nitrogens with one attached hydrogen (secondary N) is 2. The molecule has 6 heteroatoms. The molecule has 2 amide bonds. The van der Waals surface area contributed by atoms with Crippen molar-refractivity contribution in [2.75, 3.05) is 26.2 Å². The van der Waals surface area contributed by atoms with Gasteiger partial charge in [-0.05, 0) is 12.3 Å². The maximum absolute atomic E-state index is 11.8. The first-order valence-electron chi connectivity index (χ1n) is 9.02. The molecule has 0 heterocycles. The number of rotatable bonds is 15. The highest BCUT2D eigenvalue weighted by molar-refractivity contribution is 5.79. The molecule has 0 fully saturated rings. The van der Waals surface area contributed by atoms with Crippen molar-refractivity contribution in [2.24, 2.45) is 11.7 Å². The van der Waals surface area contributed by atoms with Crippen LogP contribution in [0.4, 0.5) is 0 Å². The van der Waals surface area contributed by atoms with Gasteiger partial charge in [-0.25, -0.2) is 0 Å². The molecular formula is C18H35N3O3. The van der Waals surface area contributed by atoms with E-state index >= 15 is 0 Å². The molecule has 4 N–H and O–H groups in total. The molecule has 140 valence electrons. The van der Waals surface area contributed by atoms with Crippen molar-refractivity contribution in [3.05, 3.63) is 12.7 Å². The summed E-state index contributed by atoms with van der Waals surface area (Å²) in [6.45, 7) is 9.23. The molecule has 0 spiro atoms. The fourth-order valence-corrected chi connectivity index (χ4v) is 2.27. The molecule has 6 nitrogen and oxygen atoms in total. The highest BCUT2D eigenvalue weighted by Crippen LogP contribution is 2.16. The van der Waals surface area contributed by atoms with Gasteiger partial charge in [0, 0.05) is 26.1 Å². The van der Waals surface area contributed by atoms with Crippen molar-refractivity contribution in [1.29, 1.82) is 0 Å². The third kappa shape index (κ3) is 12.1. The summed E-state index contributed by atoms with van der Waals surface area (Å²) in [6, 6.07) is 0. The Labute approximate surface area is 146 Å². The zero-order chi connectivity index (χ0) is 18.2. The lowest BCUT2D eigenvalue weighted by molar-refractivity contribution is -0.128. The minimum Gasteiger partial charge on any atom is -0.368 e. The highest BCUT2D eigenvalue weighted by Gasteiger charge is 2.16. The van der Waals surface area contributed by atoms with Gasteiger partial charge in [0.2, 0.25) is 11.8 Å². The third-order valence-corrected chi connectivity index (χ3v) is 3.87. The van der Waals surface area contributed by atoms with Crippen molar-refractivity contribution in [2.45, 2.75) is 58.5 Å². The summed E-state index contributed by atoms with van der Waals surface area (Å²) in [5.41, 5.74) is 5.30. The van der Waals surface area contributed by atoms with Crippen LogP contribution in [-0.2, 0) is 14.3 Å². The Morgan fingerprint density at radius 3 is 2.50 bits per heavy atom. The Morgan fingerprint density at radius 1 is 1.17 bits per heavy atom. The van der Waals surface area contributed by atoms with E-state index in [9.17, 15) is 9.59 Å². The molecule has 0 aliphatic rings. The summed E-state index contributed by atoms with van der Waals surface area (Å²) in [7, 11) is 0. The van der Waals surface area contributed by atoms with Crippen LogP contribution in [-0.4, -0.2) is 44.2 Å². The van der Waals surface area contributed by atoms with Crippen molar-refractivity contribution >= 4 is 11.8 Å². The van der Waals surface area contributed by atoms with Crippen LogP contribution >= 0.6 is 0 Å². The van der Waals surface area contributed by atoms with Crippen LogP contribution in [0.25, 0.3) is 0 Å². The first-order valence-corrected chi connectivity index (χ1v) is 9.02. The number of amides is 2. The molecule has 0 aromatic carbocycles. The van der Waals surface area contributed by atoms with Gasteiger partial charge in [0.15, 0.2) is 0 Å². The largest absolute Gasteiger partial charge is 0.368 e. The maximum Gasteiger partial charge on any atom is 0.246 e. The molecule has 0 rings (SSSR count). The second-order valence-electron chi connectivity index (χ2n) is 6.03. The van der Waals surface area contributed by atoms with Gasteiger partial charge in [0.25, 0.3) is 0 Å². The topological polar surface area (TPSA) is 93.4 Å². The van der Waals surface area contributed by atoms with Gasteiger partial charge in [-0.2, -0.15) is 0 Å². The van der Waals surface area contributed by atoms with E-state index in [1.807, 2.05) is 6.08 Å². The number of unbranched alkanes of at least 4 members (excludes halogenated alkanes) is 3. The SMILES string of the molecule is C=CC(C)C(CCCCCC)OCC(=O)NCCC(=O)NCCN. The van der Waals surface area contributed by atoms with Gasteiger partial charge in [-0.1, -0.05) is 45.6 Å². The average molecular weight is 341 g/mol. The quantitative estimate of drug-likeness (QED) is 0.312. The molecule has 0 aromatic rings. The number of carbonyl (C=O) groups is 2. The minimum absolute atomic E-state index is 0.0120. The van der Waals surface area contributed by atoms with Crippen LogP contribution in [0.15, 0.2) is 12.7 Å². The molecule has 0 aromatic heterocycles. The van der Waals surface area contributed by atoms with Crippen LogP contribution < -0.4 is 16.4 Å². The Balaban J connectivity index is 3.98. The first-order chi connectivity index (χ1) is 11.5. The van der Waals surface area contributed by atoms with E-state index in [1.54, 1.807) is 0 Å². The lowest BCUT2D eigenvalue weighted by Crippen LogP contribution is -2.35. The molecule has 0 aliphatic heterocycles. The van der Waals surface area contributed by atoms with E-state index in [0.29, 0.717) is 19.6 Å². The second kappa shape index (κ2) is 15.1. The maximum atomic E-state index is 11.8. The van der Waals surface area contributed by atoms with Crippen LogP contribution in [0.5, 0.6) is 0 Å². The average Bonchev–Trinajstić information content (AvgIpc) is 2.58. The summed E-state index contributed by atoms with van der Waals surface area (Å²) in [4.78, 5) is 23.2. The van der Waals surface area contributed by atoms with Crippen LogP contribution in [0, 0.1) is 5.92 Å². The van der Waals surface area contributed by atoms with E-state index < -0.39 is 0 Å². The fourth-order valence-electron chi connectivity index (χ4n) is 2.27. The molecule has 24 heavy (non-hydrogen) atoms. The summed E-state index contributed by atoms with van der Waals surface area (Å²) in [5.74, 6) is -0.103. The Bertz CT molecular complexity index is 361. The highest BCUT2D eigenvalue weighted by atomic mass is 16.5. The third-order valence-electron chi connectivity index (χ3n) is 3.87. The smallest absolute Gasteiger partial charge is 0.246 e. The molecule has 0 saturated carbocycles. The van der Waals surface area contributed by atoms with Crippen molar-refractivity contribution < 1.29 is 14.3 Å². The van der Waals surface area contributed by atoms with Crippen LogP contribution in [0.3, 0.4) is 0 Å². The van der Waals surface area contributed by atoms with Gasteiger partial charge in [0.05, 0.1) is 6.10 Å². The Kier molecular flexibility index (Phi) is 14.3. The van der Waals surface area contributed by atoms with Crippen molar-refractivity contribution in [3.8, 4) is 0 Å². The minimum atomic E-state index is -0.198. The predicted octanol–water partition coefficient (Wildman–Crippen LogP) is 1.75. The first kappa shape index (κ1) is 22.6. The van der Waals surface area contributed by atoms with Crippen molar-refractivity contribution in [1.82, 2.24) is 10.6 Å². The lowest BCUT2D eigenvalue weighted by atomic mass is 9.98. The van der Waals surface area contributed by atoms with Crippen LogP contribution in [0.2, 0.25) is 0 Å². The summed E-state index contributed by atoms with van der Waals surface area (Å²) >= 11 is 0. The van der Waals surface area contributed by atoms with Gasteiger partial charge < -0.3 is 21.1 Å². The van der Waals surface area contributed by atoms with E-state index in [1.165, 1.54) is 19.3 Å². The summed E-state index contributed by atoms with van der Waals surface area (Å²) in [6.07, 6.45) is 7.76. The van der Waals surface area contributed by atoms with E-state index in [2.05, 4.69) is 31.1 Å². The standard InChI is InChI=1S/C18H35N3O3/c1-4-6-7-8-9-16(15(3)5-2)24-14-18(23)20-12-10-17(22)21-13-11-19/h5,15-16H,2,4,6-14,19H2,1,3H3,(H,20,23)(H,21,22). The Hall–Kier alpha value is -1.40. The zero-order valence-electron chi connectivity index (χ0n) is 15.3. The number of carbonyl (C=O) groups excluding carboxylic acids is 2. The Morgan fingerprint density at radius 2 is 1.88 bits per heavy atom. The van der Waals surface area contributed by atoms with Crippen molar-refractivity contribution in [3.63, 3.8) is 0 Å². The van der Waals surface area contributed by atoms with E-state index in [4.69, 9.17) is 10.5 Å². The number of hydrogen-bond donors (Lipinski definition) is 3. The monoisotopic (exact) mass is 341 g/mol. The molecule has 2 atom stereocenters. The second-order valence-corrected chi connectivity index (χ2v) is 6.03. The molecular weight excluding hydrogens is 306 g/mol. The lowest BCUT2D eigenvalue weighted by Gasteiger charge is -2.22. The molecule has 0 saturated heterocycles. The van der Waals surface area contributed by atoms with Gasteiger partial charge >= 0.3 is 0 Å². The number of nitrogens with two attached hydrogens (primary N) is 1. The summed E-state index contributed by atoms with van der Waals surface area (Å²) in [5, 5.41) is 5.35. The van der Waals surface area contributed by atoms with Gasteiger partial charge in [-0.3, -0.25) is 9.59 Å². The number of hydrogen-bond acceptors (Lipinski definition) is 4. The van der Waals surface area contributed by atoms with Gasteiger partial charge in [-0.15, -0.1) is 6.58 Å². The molecule has 2 unspecified atom stereocenters.